The first-order valence-corrected chi connectivity index (χ1v) is 5.69. The summed E-state index contributed by atoms with van der Waals surface area (Å²) in [5, 5.41) is 10.5. The summed E-state index contributed by atoms with van der Waals surface area (Å²) in [7, 11) is 1.79. The molecular weight excluding hydrogens is 275 g/mol. The molecule has 0 saturated carbocycles. The first-order valence-electron chi connectivity index (χ1n) is 5.69. The Morgan fingerprint density at radius 3 is 2.78 bits per heavy atom. The van der Waals surface area contributed by atoms with Crippen LogP contribution in [0.2, 0.25) is 0 Å². The predicted molar refractivity (Wildman–Crippen MR) is 75.8 cm³/mol. The molecule has 1 saturated heterocycles. The van der Waals surface area contributed by atoms with E-state index in [9.17, 15) is 4.79 Å². The van der Waals surface area contributed by atoms with Gasteiger partial charge in [0, 0.05) is 19.6 Å². The highest BCUT2D eigenvalue weighted by Gasteiger charge is 2.18. The fraction of sp³-hybridized carbons (Fsp3) is 0.636. The number of nitrogens with zero attached hydrogens (tertiary/aromatic N) is 2. The molecule has 1 aliphatic rings. The Morgan fingerprint density at radius 1 is 1.56 bits per heavy atom. The van der Waals surface area contributed by atoms with Crippen LogP contribution in [-0.2, 0) is 7.05 Å². The summed E-state index contributed by atoms with van der Waals surface area (Å²) < 4.78 is 1.63. The average molecular weight is 295 g/mol. The molecule has 1 aromatic rings. The number of hydrogen-bond acceptors (Lipinski definition) is 3. The van der Waals surface area contributed by atoms with Gasteiger partial charge in [0.25, 0.3) is 5.91 Å². The van der Waals surface area contributed by atoms with Gasteiger partial charge in [-0.25, -0.2) is 0 Å². The number of nitrogens with one attached hydrogen (secondary N) is 2. The molecule has 1 aliphatic heterocycles. The van der Waals surface area contributed by atoms with E-state index < -0.39 is 0 Å². The van der Waals surface area contributed by atoms with Gasteiger partial charge in [-0.1, -0.05) is 0 Å². The molecule has 1 amide bonds. The molecule has 2 N–H and O–H groups in total. The molecule has 1 aromatic heterocycles. The fourth-order valence-corrected chi connectivity index (χ4v) is 2.06. The third-order valence-corrected chi connectivity index (χ3v) is 2.87. The van der Waals surface area contributed by atoms with Crippen molar-refractivity contribution in [3.63, 3.8) is 0 Å². The molecule has 18 heavy (non-hydrogen) atoms. The Kier molecular flexibility index (Phi) is 7.28. The minimum Gasteiger partial charge on any atom is -0.347 e. The normalized spacial score (nSPS) is 18.4. The van der Waals surface area contributed by atoms with Crippen molar-refractivity contribution in [3.05, 3.63) is 17.5 Å². The fourth-order valence-electron chi connectivity index (χ4n) is 2.06. The minimum atomic E-state index is -0.0307. The van der Waals surface area contributed by atoms with E-state index in [0.717, 1.165) is 31.6 Å². The third kappa shape index (κ3) is 4.15. The van der Waals surface area contributed by atoms with Crippen LogP contribution < -0.4 is 10.6 Å². The summed E-state index contributed by atoms with van der Waals surface area (Å²) in [5.41, 5.74) is 1.50. The Labute approximate surface area is 120 Å². The van der Waals surface area contributed by atoms with Gasteiger partial charge in [0.2, 0.25) is 0 Å². The van der Waals surface area contributed by atoms with Gasteiger partial charge in [-0.3, -0.25) is 9.48 Å². The summed E-state index contributed by atoms with van der Waals surface area (Å²) in [5.74, 6) is -0.0307. The molecule has 0 bridgehead atoms. The van der Waals surface area contributed by atoms with Crippen molar-refractivity contribution in [2.45, 2.75) is 25.8 Å². The highest BCUT2D eigenvalue weighted by molar-refractivity contribution is 5.92. The first kappa shape index (κ1) is 17.2. The SMILES string of the molecule is Cc1cc(C(=O)NC2CCCNC2)n(C)n1.Cl.Cl. The Hall–Kier alpha value is -0.780. The zero-order chi connectivity index (χ0) is 11.5. The molecule has 1 fully saturated rings. The molecule has 0 spiro atoms. The van der Waals surface area contributed by atoms with Crippen LogP contribution in [0.15, 0.2) is 6.07 Å². The van der Waals surface area contributed by atoms with Crippen molar-refractivity contribution >= 4 is 30.7 Å². The second-order valence-corrected chi connectivity index (χ2v) is 4.31. The predicted octanol–water partition coefficient (Wildman–Crippen LogP) is 1.05. The van der Waals surface area contributed by atoms with E-state index in [1.54, 1.807) is 11.7 Å². The zero-order valence-corrected chi connectivity index (χ0v) is 12.2. The number of aryl methyl sites for hydroxylation is 2. The molecular formula is C11H20Cl2N4O. The second-order valence-electron chi connectivity index (χ2n) is 4.31. The number of aromatic nitrogens is 2. The highest BCUT2D eigenvalue weighted by Crippen LogP contribution is 2.05. The molecule has 2 heterocycles. The molecule has 1 unspecified atom stereocenters. The lowest BCUT2D eigenvalue weighted by Crippen LogP contribution is -2.46. The molecule has 5 nitrogen and oxygen atoms in total. The van der Waals surface area contributed by atoms with Gasteiger partial charge >= 0.3 is 0 Å². The number of amides is 1. The van der Waals surface area contributed by atoms with Gasteiger partial charge < -0.3 is 10.6 Å². The number of hydrogen-bond donors (Lipinski definition) is 2. The van der Waals surface area contributed by atoms with Crippen LogP contribution in [0.4, 0.5) is 0 Å². The van der Waals surface area contributed by atoms with E-state index >= 15 is 0 Å². The minimum absolute atomic E-state index is 0. The van der Waals surface area contributed by atoms with E-state index in [1.165, 1.54) is 0 Å². The van der Waals surface area contributed by atoms with Crippen LogP contribution in [0.25, 0.3) is 0 Å². The summed E-state index contributed by atoms with van der Waals surface area (Å²) >= 11 is 0. The van der Waals surface area contributed by atoms with Gasteiger partial charge in [0.1, 0.15) is 5.69 Å². The molecule has 0 aromatic carbocycles. The maximum absolute atomic E-state index is 11.9. The van der Waals surface area contributed by atoms with E-state index in [-0.39, 0.29) is 36.8 Å². The Bertz CT molecular complexity index is 388. The van der Waals surface area contributed by atoms with Gasteiger partial charge in [-0.15, -0.1) is 24.8 Å². The quantitative estimate of drug-likeness (QED) is 0.857. The molecule has 0 aliphatic carbocycles. The van der Waals surface area contributed by atoms with Gasteiger partial charge in [-0.05, 0) is 32.4 Å². The topological polar surface area (TPSA) is 59.0 Å². The maximum atomic E-state index is 11.9. The van der Waals surface area contributed by atoms with Crippen LogP contribution in [0, 0.1) is 6.92 Å². The third-order valence-electron chi connectivity index (χ3n) is 2.87. The molecule has 1 atom stereocenters. The highest BCUT2D eigenvalue weighted by atomic mass is 35.5. The lowest BCUT2D eigenvalue weighted by molar-refractivity contribution is 0.0921. The Morgan fingerprint density at radius 2 is 2.28 bits per heavy atom. The van der Waals surface area contributed by atoms with E-state index in [4.69, 9.17) is 0 Å². The van der Waals surface area contributed by atoms with Crippen LogP contribution in [-0.4, -0.2) is 34.8 Å². The summed E-state index contributed by atoms with van der Waals surface area (Å²) in [4.78, 5) is 11.9. The van der Waals surface area contributed by atoms with Crippen molar-refractivity contribution in [1.82, 2.24) is 20.4 Å². The lowest BCUT2D eigenvalue weighted by Gasteiger charge is -2.23. The lowest BCUT2D eigenvalue weighted by atomic mass is 10.1. The number of rotatable bonds is 2. The summed E-state index contributed by atoms with van der Waals surface area (Å²) in [6.07, 6.45) is 2.17. The average Bonchev–Trinajstić information content (AvgIpc) is 2.59. The van der Waals surface area contributed by atoms with E-state index in [2.05, 4.69) is 15.7 Å². The smallest absolute Gasteiger partial charge is 0.269 e. The van der Waals surface area contributed by atoms with Gasteiger partial charge in [0.15, 0.2) is 0 Å². The van der Waals surface area contributed by atoms with Crippen molar-refractivity contribution < 1.29 is 4.79 Å². The van der Waals surface area contributed by atoms with Gasteiger partial charge in [0.05, 0.1) is 5.69 Å². The standard InChI is InChI=1S/C11H18N4O.2ClH/c1-8-6-10(15(2)14-8)11(16)13-9-4-3-5-12-7-9;;/h6,9,12H,3-5,7H2,1-2H3,(H,13,16);2*1H. The second kappa shape index (κ2) is 7.61. The Balaban J connectivity index is 0.00000144. The van der Waals surface area contributed by atoms with Crippen molar-refractivity contribution in [3.8, 4) is 0 Å². The summed E-state index contributed by atoms with van der Waals surface area (Å²) in [6, 6.07) is 2.06. The number of carbonyl (C=O) groups excluding carboxylic acids is 1. The number of piperidine rings is 1. The van der Waals surface area contributed by atoms with E-state index in [1.807, 2.05) is 13.0 Å². The molecule has 7 heteroatoms. The first-order chi connectivity index (χ1) is 7.66. The van der Waals surface area contributed by atoms with Gasteiger partial charge in [-0.2, -0.15) is 5.10 Å². The maximum Gasteiger partial charge on any atom is 0.269 e. The zero-order valence-electron chi connectivity index (χ0n) is 10.6. The number of halogens is 2. The van der Waals surface area contributed by atoms with Crippen LogP contribution >= 0.6 is 24.8 Å². The molecule has 2 rings (SSSR count). The van der Waals surface area contributed by atoms with Crippen LogP contribution in [0.3, 0.4) is 0 Å². The molecule has 0 radical (unpaired) electrons. The van der Waals surface area contributed by atoms with E-state index in [0.29, 0.717) is 5.69 Å². The van der Waals surface area contributed by atoms with Crippen LogP contribution in [0.1, 0.15) is 29.0 Å². The molecule has 104 valence electrons. The van der Waals surface area contributed by atoms with Crippen LogP contribution in [0.5, 0.6) is 0 Å². The number of carbonyl (C=O) groups is 1. The van der Waals surface area contributed by atoms with Crippen molar-refractivity contribution in [1.29, 1.82) is 0 Å². The monoisotopic (exact) mass is 294 g/mol. The van der Waals surface area contributed by atoms with Crippen molar-refractivity contribution in [2.75, 3.05) is 13.1 Å². The van der Waals surface area contributed by atoms with Crippen molar-refractivity contribution in [2.24, 2.45) is 7.05 Å². The summed E-state index contributed by atoms with van der Waals surface area (Å²) in [6.45, 7) is 3.80. The largest absolute Gasteiger partial charge is 0.347 e.